The number of benzene rings is 2. The van der Waals surface area contributed by atoms with Crippen LogP contribution >= 0.6 is 0 Å². The maximum absolute atomic E-state index is 12.5. The van der Waals surface area contributed by atoms with E-state index in [2.05, 4.69) is 20.8 Å². The van der Waals surface area contributed by atoms with Crippen molar-refractivity contribution < 1.29 is 14.4 Å². The molecule has 26 heavy (non-hydrogen) atoms. The van der Waals surface area contributed by atoms with E-state index in [4.69, 9.17) is 0 Å². The third-order valence-corrected chi connectivity index (χ3v) is 4.09. The van der Waals surface area contributed by atoms with Gasteiger partial charge in [-0.15, -0.1) is 10.2 Å². The zero-order chi connectivity index (χ0) is 18.3. The van der Waals surface area contributed by atoms with Crippen LogP contribution < -0.4 is 10.6 Å². The van der Waals surface area contributed by atoms with Crippen LogP contribution in [-0.4, -0.2) is 32.5 Å². The molecule has 8 nitrogen and oxygen atoms in total. The van der Waals surface area contributed by atoms with Crippen LogP contribution in [0.3, 0.4) is 0 Å². The Morgan fingerprint density at radius 2 is 1.88 bits per heavy atom. The largest absolute Gasteiger partial charge is 0.322 e. The predicted octanol–water partition coefficient (Wildman–Crippen LogP) is 1.62. The summed E-state index contributed by atoms with van der Waals surface area (Å²) < 4.78 is 1.77. The van der Waals surface area contributed by atoms with E-state index in [0.717, 1.165) is 5.56 Å². The lowest BCUT2D eigenvalue weighted by Gasteiger charge is -2.08. The minimum absolute atomic E-state index is 0.204. The fourth-order valence-corrected chi connectivity index (χ4v) is 2.79. The average molecular weight is 347 g/mol. The number of rotatable bonds is 3. The van der Waals surface area contributed by atoms with Crippen molar-refractivity contribution >= 4 is 23.4 Å². The Balaban J connectivity index is 1.60. The lowest BCUT2D eigenvalue weighted by atomic mass is 10.1. The zero-order valence-corrected chi connectivity index (χ0v) is 13.7. The molecule has 2 N–H and O–H groups in total. The first-order valence-electron chi connectivity index (χ1n) is 7.78. The van der Waals surface area contributed by atoms with Gasteiger partial charge in [-0.05, 0) is 30.3 Å². The summed E-state index contributed by atoms with van der Waals surface area (Å²) >= 11 is 0. The molecule has 0 saturated heterocycles. The Bertz CT molecular complexity index is 1070. The molecule has 1 aromatic heterocycles. The summed E-state index contributed by atoms with van der Waals surface area (Å²) in [6.45, 7) is 0. The van der Waals surface area contributed by atoms with E-state index in [-0.39, 0.29) is 22.6 Å². The fourth-order valence-electron chi connectivity index (χ4n) is 2.79. The molecule has 4 rings (SSSR count). The van der Waals surface area contributed by atoms with Gasteiger partial charge in [0.05, 0.1) is 11.1 Å². The monoisotopic (exact) mass is 347 g/mol. The van der Waals surface area contributed by atoms with Gasteiger partial charge in [0.25, 0.3) is 17.7 Å². The summed E-state index contributed by atoms with van der Waals surface area (Å²) in [7, 11) is 1.83. The lowest BCUT2D eigenvalue weighted by molar-refractivity contribution is 0.0879. The first-order valence-corrected chi connectivity index (χ1v) is 7.78. The second-order valence-corrected chi connectivity index (χ2v) is 5.84. The Kier molecular flexibility index (Phi) is 3.58. The van der Waals surface area contributed by atoms with Crippen LogP contribution in [0, 0.1) is 0 Å². The molecule has 0 fully saturated rings. The first-order chi connectivity index (χ1) is 12.5. The topological polar surface area (TPSA) is 106 Å². The van der Waals surface area contributed by atoms with Crippen molar-refractivity contribution in [2.75, 3.05) is 5.32 Å². The molecule has 0 bridgehead atoms. The summed E-state index contributed by atoms with van der Waals surface area (Å²) in [5.74, 6) is -0.652. The van der Waals surface area contributed by atoms with Gasteiger partial charge in [-0.25, -0.2) is 0 Å². The molecule has 2 aromatic carbocycles. The van der Waals surface area contributed by atoms with E-state index in [9.17, 15) is 14.4 Å². The van der Waals surface area contributed by atoms with E-state index < -0.39 is 11.8 Å². The summed E-state index contributed by atoms with van der Waals surface area (Å²) in [6, 6.07) is 11.6. The molecule has 8 heteroatoms. The summed E-state index contributed by atoms with van der Waals surface area (Å²) in [6.07, 6.45) is 1.59. The third kappa shape index (κ3) is 2.63. The number of nitrogens with one attached hydrogen (secondary N) is 2. The molecule has 0 aliphatic carbocycles. The van der Waals surface area contributed by atoms with Crippen molar-refractivity contribution in [2.45, 2.75) is 0 Å². The summed E-state index contributed by atoms with van der Waals surface area (Å²) in [5.41, 5.74) is 2.15. The zero-order valence-electron chi connectivity index (χ0n) is 13.7. The van der Waals surface area contributed by atoms with Gasteiger partial charge in [0.1, 0.15) is 6.33 Å². The number of hydrogen-bond donors (Lipinski definition) is 2. The van der Waals surface area contributed by atoms with Crippen LogP contribution in [0.1, 0.15) is 31.1 Å². The fraction of sp³-hybridized carbons (Fsp3) is 0.0556. The maximum Gasteiger partial charge on any atom is 0.258 e. The van der Waals surface area contributed by atoms with Gasteiger partial charge in [0.2, 0.25) is 0 Å². The van der Waals surface area contributed by atoms with Crippen LogP contribution in [0.5, 0.6) is 0 Å². The molecule has 3 aromatic rings. The normalized spacial score (nSPS) is 12.7. The summed E-state index contributed by atoms with van der Waals surface area (Å²) in [4.78, 5) is 35.8. The Morgan fingerprint density at radius 1 is 1.08 bits per heavy atom. The molecular formula is C18H13N5O3. The first kappa shape index (κ1) is 15.7. The van der Waals surface area contributed by atoms with Crippen molar-refractivity contribution in [2.24, 2.45) is 7.05 Å². The number of fused-ring (bicyclic) bond motifs is 1. The van der Waals surface area contributed by atoms with Gasteiger partial charge in [-0.1, -0.05) is 12.1 Å². The van der Waals surface area contributed by atoms with Gasteiger partial charge in [-0.2, -0.15) is 0 Å². The number of carbonyl (C=O) groups excluding carboxylic acids is 3. The average Bonchev–Trinajstić information content (AvgIpc) is 3.18. The molecule has 1 aliphatic rings. The van der Waals surface area contributed by atoms with Crippen LogP contribution in [0.4, 0.5) is 5.69 Å². The van der Waals surface area contributed by atoms with Crippen molar-refractivity contribution in [3.05, 3.63) is 65.5 Å². The molecule has 0 spiro atoms. The van der Waals surface area contributed by atoms with Crippen LogP contribution in [0.2, 0.25) is 0 Å². The number of amides is 3. The SMILES string of the molecule is Cn1cnnc1-c1cccc(NC(=O)c2ccc3c(c2)C(=O)NC3=O)c1. The Labute approximate surface area is 147 Å². The molecular weight excluding hydrogens is 334 g/mol. The van der Waals surface area contributed by atoms with Crippen LogP contribution in [-0.2, 0) is 7.05 Å². The molecule has 128 valence electrons. The highest BCUT2D eigenvalue weighted by Crippen LogP contribution is 2.22. The molecule has 3 amide bonds. The minimum Gasteiger partial charge on any atom is -0.322 e. The van der Waals surface area contributed by atoms with E-state index in [1.807, 2.05) is 13.1 Å². The van der Waals surface area contributed by atoms with Gasteiger partial charge < -0.3 is 9.88 Å². The molecule has 0 atom stereocenters. The molecule has 2 heterocycles. The second kappa shape index (κ2) is 5.92. The predicted molar refractivity (Wildman–Crippen MR) is 92.6 cm³/mol. The van der Waals surface area contributed by atoms with E-state index in [1.165, 1.54) is 18.2 Å². The van der Waals surface area contributed by atoms with E-state index >= 15 is 0 Å². The van der Waals surface area contributed by atoms with Crippen molar-refractivity contribution in [1.82, 2.24) is 20.1 Å². The second-order valence-electron chi connectivity index (χ2n) is 5.84. The molecule has 1 aliphatic heterocycles. The Hall–Kier alpha value is -3.81. The number of anilines is 1. The van der Waals surface area contributed by atoms with E-state index in [1.54, 1.807) is 29.1 Å². The van der Waals surface area contributed by atoms with Crippen molar-refractivity contribution in [1.29, 1.82) is 0 Å². The number of imide groups is 1. The van der Waals surface area contributed by atoms with Crippen LogP contribution in [0.25, 0.3) is 11.4 Å². The number of hydrogen-bond acceptors (Lipinski definition) is 5. The van der Waals surface area contributed by atoms with Crippen molar-refractivity contribution in [3.8, 4) is 11.4 Å². The minimum atomic E-state index is -0.496. The smallest absolute Gasteiger partial charge is 0.258 e. The number of aryl methyl sites for hydroxylation is 1. The molecule has 0 radical (unpaired) electrons. The quantitative estimate of drug-likeness (QED) is 0.700. The van der Waals surface area contributed by atoms with Crippen molar-refractivity contribution in [3.63, 3.8) is 0 Å². The standard InChI is InChI=1S/C18H13N5O3/c1-23-9-19-22-15(23)10-3-2-4-12(7-10)20-16(24)11-5-6-13-14(8-11)18(26)21-17(13)25/h2-9H,1H3,(H,20,24)(H,21,25,26). The molecule has 0 saturated carbocycles. The highest BCUT2D eigenvalue weighted by atomic mass is 16.2. The maximum atomic E-state index is 12.5. The number of nitrogens with zero attached hydrogens (tertiary/aromatic N) is 3. The summed E-state index contributed by atoms with van der Waals surface area (Å²) in [5, 5.41) is 12.9. The van der Waals surface area contributed by atoms with E-state index in [0.29, 0.717) is 11.5 Å². The van der Waals surface area contributed by atoms with Gasteiger partial charge in [-0.3, -0.25) is 19.7 Å². The van der Waals surface area contributed by atoms with Crippen LogP contribution in [0.15, 0.2) is 48.8 Å². The lowest BCUT2D eigenvalue weighted by Crippen LogP contribution is -2.19. The van der Waals surface area contributed by atoms with Gasteiger partial charge >= 0.3 is 0 Å². The Morgan fingerprint density at radius 3 is 2.65 bits per heavy atom. The number of aromatic nitrogens is 3. The highest BCUT2D eigenvalue weighted by molar-refractivity contribution is 6.22. The highest BCUT2D eigenvalue weighted by Gasteiger charge is 2.27. The third-order valence-electron chi connectivity index (χ3n) is 4.09. The van der Waals surface area contributed by atoms with Gasteiger partial charge in [0, 0.05) is 23.9 Å². The number of carbonyl (C=O) groups is 3. The molecule has 0 unspecified atom stereocenters. The van der Waals surface area contributed by atoms with Gasteiger partial charge in [0.15, 0.2) is 5.82 Å².